The van der Waals surface area contributed by atoms with E-state index in [4.69, 9.17) is 18.9 Å². The van der Waals surface area contributed by atoms with Crippen molar-refractivity contribution < 1.29 is 28.8 Å². The average Bonchev–Trinajstić information content (AvgIpc) is 3.44. The van der Waals surface area contributed by atoms with Crippen LogP contribution in [0.3, 0.4) is 0 Å². The smallest absolute Gasteiger partial charge is 0.309 e. The molecule has 0 spiro atoms. The lowest BCUT2D eigenvalue weighted by molar-refractivity contribution is -0.149. The van der Waals surface area contributed by atoms with E-state index >= 15 is 0 Å². The first-order valence-electron chi connectivity index (χ1n) is 9.79. The Kier molecular flexibility index (Phi) is 7.10. The van der Waals surface area contributed by atoms with Gasteiger partial charge in [-0.1, -0.05) is 19.1 Å². The summed E-state index contributed by atoms with van der Waals surface area (Å²) in [5.74, 6) is 1.13. The quantitative estimate of drug-likeness (QED) is 0.471. The maximum absolute atomic E-state index is 11.4. The van der Waals surface area contributed by atoms with Gasteiger partial charge < -0.3 is 24.1 Å². The fraction of sp³-hybridized carbons (Fsp3) is 0.667. The first-order valence-corrected chi connectivity index (χ1v) is 9.79. The molecule has 1 aliphatic carbocycles. The van der Waals surface area contributed by atoms with Crippen molar-refractivity contribution in [3.63, 3.8) is 0 Å². The van der Waals surface area contributed by atoms with Gasteiger partial charge in [0.15, 0.2) is 0 Å². The lowest BCUT2D eigenvalue weighted by Gasteiger charge is -2.17. The minimum Gasteiger partial charge on any atom is -0.493 e. The van der Waals surface area contributed by atoms with E-state index in [-0.39, 0.29) is 18.5 Å². The van der Waals surface area contributed by atoms with Gasteiger partial charge in [0.2, 0.25) is 0 Å². The molecule has 0 aromatic heterocycles. The zero-order valence-electron chi connectivity index (χ0n) is 16.2. The molecule has 1 aromatic carbocycles. The highest BCUT2D eigenvalue weighted by Gasteiger charge is 2.35. The molecule has 1 saturated heterocycles. The predicted molar refractivity (Wildman–Crippen MR) is 99.7 cm³/mol. The van der Waals surface area contributed by atoms with E-state index in [9.17, 15) is 9.90 Å². The molecular weight excluding hydrogens is 348 g/mol. The Balaban J connectivity index is 1.49. The molecule has 1 N–H and O–H groups in total. The number of benzene rings is 1. The molecule has 1 heterocycles. The molecule has 150 valence electrons. The number of cyclic esters (lactones) is 1. The number of methoxy groups -OCH3 is 1. The van der Waals surface area contributed by atoms with Gasteiger partial charge >= 0.3 is 5.97 Å². The van der Waals surface area contributed by atoms with Gasteiger partial charge in [0.05, 0.1) is 25.7 Å². The Labute approximate surface area is 160 Å². The normalized spacial score (nSPS) is 23.3. The zero-order valence-corrected chi connectivity index (χ0v) is 16.2. The summed E-state index contributed by atoms with van der Waals surface area (Å²) in [4.78, 5) is 11.4. The van der Waals surface area contributed by atoms with Crippen LogP contribution >= 0.6 is 0 Å². The molecule has 0 unspecified atom stereocenters. The summed E-state index contributed by atoms with van der Waals surface area (Å²) >= 11 is 0. The summed E-state index contributed by atoms with van der Waals surface area (Å²) in [6.07, 6.45) is 2.56. The Hall–Kier alpha value is -1.63. The van der Waals surface area contributed by atoms with Crippen LogP contribution in [0.1, 0.15) is 49.7 Å². The van der Waals surface area contributed by atoms with E-state index in [2.05, 4.69) is 12.1 Å². The summed E-state index contributed by atoms with van der Waals surface area (Å²) in [6.45, 7) is 3.64. The fourth-order valence-corrected chi connectivity index (χ4v) is 3.31. The van der Waals surface area contributed by atoms with Crippen molar-refractivity contribution >= 4 is 5.97 Å². The Bertz CT molecular complexity index is 627. The summed E-state index contributed by atoms with van der Waals surface area (Å²) in [5, 5.41) is 10.2. The van der Waals surface area contributed by atoms with Crippen LogP contribution in [0.25, 0.3) is 0 Å². The van der Waals surface area contributed by atoms with Gasteiger partial charge in [-0.05, 0) is 36.0 Å². The molecule has 1 saturated carbocycles. The van der Waals surface area contributed by atoms with Crippen molar-refractivity contribution in [2.24, 2.45) is 5.92 Å². The summed E-state index contributed by atoms with van der Waals surface area (Å²) in [7, 11) is 1.69. The molecule has 6 nitrogen and oxygen atoms in total. The van der Waals surface area contributed by atoms with Crippen molar-refractivity contribution in [3.05, 3.63) is 29.3 Å². The number of carbonyl (C=O) groups excluding carboxylic acids is 1. The highest BCUT2D eigenvalue weighted by atomic mass is 16.6. The minimum absolute atomic E-state index is 0.138. The monoisotopic (exact) mass is 378 g/mol. The molecule has 0 radical (unpaired) electrons. The average molecular weight is 378 g/mol. The van der Waals surface area contributed by atoms with Crippen LogP contribution in [-0.4, -0.2) is 50.2 Å². The number of esters is 1. The standard InChI is InChI=1S/C21H30O6/c1-14-10-20(27-21(14)23)18(22)13-25-12-15-4-7-17(16-5-6-16)19(11-15)26-9-3-8-24-2/h4,7,11,14,16,18,20,22H,3,5-6,8-10,12-13H2,1-2H3/t14-,18-,20+/m1/s1. The van der Waals surface area contributed by atoms with Crippen LogP contribution in [0.5, 0.6) is 5.75 Å². The molecular formula is C21H30O6. The van der Waals surface area contributed by atoms with Gasteiger partial charge in [0, 0.05) is 26.6 Å². The second-order valence-corrected chi connectivity index (χ2v) is 7.54. The van der Waals surface area contributed by atoms with Gasteiger partial charge in [0.1, 0.15) is 18.0 Å². The molecule has 2 fully saturated rings. The molecule has 1 aromatic rings. The van der Waals surface area contributed by atoms with Gasteiger partial charge in [0.25, 0.3) is 0 Å². The van der Waals surface area contributed by atoms with E-state index < -0.39 is 12.2 Å². The number of hydrogen-bond acceptors (Lipinski definition) is 6. The van der Waals surface area contributed by atoms with E-state index in [0.29, 0.717) is 32.2 Å². The Morgan fingerprint density at radius 2 is 2.11 bits per heavy atom. The summed E-state index contributed by atoms with van der Waals surface area (Å²) in [6, 6.07) is 6.21. The van der Waals surface area contributed by atoms with Crippen molar-refractivity contribution in [3.8, 4) is 5.75 Å². The summed E-state index contributed by atoms with van der Waals surface area (Å²) in [5.41, 5.74) is 2.27. The molecule has 3 atom stereocenters. The van der Waals surface area contributed by atoms with Gasteiger partial charge in [-0.2, -0.15) is 0 Å². The molecule has 0 amide bonds. The topological polar surface area (TPSA) is 74.2 Å². The third-order valence-electron chi connectivity index (χ3n) is 5.09. The number of hydrogen-bond donors (Lipinski definition) is 1. The van der Waals surface area contributed by atoms with Crippen molar-refractivity contribution in [2.45, 2.75) is 57.3 Å². The van der Waals surface area contributed by atoms with Crippen molar-refractivity contribution in [1.82, 2.24) is 0 Å². The lowest BCUT2D eigenvalue weighted by Crippen LogP contribution is -2.30. The van der Waals surface area contributed by atoms with Gasteiger partial charge in [-0.15, -0.1) is 0 Å². The Morgan fingerprint density at radius 3 is 2.78 bits per heavy atom. The number of ether oxygens (including phenoxy) is 4. The van der Waals surface area contributed by atoms with E-state index in [1.165, 1.54) is 18.4 Å². The second kappa shape index (κ2) is 9.53. The third-order valence-corrected chi connectivity index (χ3v) is 5.09. The van der Waals surface area contributed by atoms with Crippen LogP contribution < -0.4 is 4.74 Å². The van der Waals surface area contributed by atoms with Crippen LogP contribution in [-0.2, 0) is 25.6 Å². The first-order chi connectivity index (χ1) is 13.1. The van der Waals surface area contributed by atoms with Crippen LogP contribution in [0.4, 0.5) is 0 Å². The fourth-order valence-electron chi connectivity index (χ4n) is 3.31. The zero-order chi connectivity index (χ0) is 19.2. The number of carbonyl (C=O) groups is 1. The van der Waals surface area contributed by atoms with Crippen LogP contribution in [0, 0.1) is 5.92 Å². The minimum atomic E-state index is -0.797. The first kappa shape index (κ1) is 20.1. The SMILES string of the molecule is COCCCOc1cc(COC[C@@H](O)[C@@H]2C[C@@H](C)C(=O)O2)ccc1C1CC1. The Morgan fingerprint density at radius 1 is 1.30 bits per heavy atom. The number of rotatable bonds is 11. The second-order valence-electron chi connectivity index (χ2n) is 7.54. The highest BCUT2D eigenvalue weighted by molar-refractivity contribution is 5.74. The highest BCUT2D eigenvalue weighted by Crippen LogP contribution is 2.44. The van der Waals surface area contributed by atoms with E-state index in [0.717, 1.165) is 17.7 Å². The maximum Gasteiger partial charge on any atom is 0.309 e. The molecule has 2 aliphatic rings. The molecule has 3 rings (SSSR count). The number of aliphatic hydroxyl groups excluding tert-OH is 1. The van der Waals surface area contributed by atoms with Crippen LogP contribution in [0.2, 0.25) is 0 Å². The van der Waals surface area contributed by atoms with Crippen LogP contribution in [0.15, 0.2) is 18.2 Å². The molecule has 6 heteroatoms. The van der Waals surface area contributed by atoms with E-state index in [1.54, 1.807) is 7.11 Å². The van der Waals surface area contributed by atoms with Gasteiger partial charge in [-0.25, -0.2) is 0 Å². The van der Waals surface area contributed by atoms with E-state index in [1.807, 2.05) is 13.0 Å². The lowest BCUT2D eigenvalue weighted by atomic mass is 10.0. The van der Waals surface area contributed by atoms with Crippen molar-refractivity contribution in [1.29, 1.82) is 0 Å². The largest absolute Gasteiger partial charge is 0.493 e. The summed E-state index contributed by atoms with van der Waals surface area (Å²) < 4.78 is 21.9. The van der Waals surface area contributed by atoms with Gasteiger partial charge in [-0.3, -0.25) is 4.79 Å². The van der Waals surface area contributed by atoms with Crippen molar-refractivity contribution in [2.75, 3.05) is 26.9 Å². The predicted octanol–water partition coefficient (Wildman–Crippen LogP) is 2.81. The maximum atomic E-state index is 11.4. The molecule has 27 heavy (non-hydrogen) atoms. The molecule has 0 bridgehead atoms. The molecule has 1 aliphatic heterocycles. The third kappa shape index (κ3) is 5.67. The number of aliphatic hydroxyl groups is 1.